The van der Waals surface area contributed by atoms with Crippen LogP contribution in [0, 0.1) is 0 Å². The summed E-state index contributed by atoms with van der Waals surface area (Å²) >= 11 is 0. The lowest BCUT2D eigenvalue weighted by molar-refractivity contribution is -0.192. The third kappa shape index (κ3) is 8.32. The average molecular weight is 783 g/mol. The number of aromatic nitrogens is 5. The summed E-state index contributed by atoms with van der Waals surface area (Å²) in [5.74, 6) is -1.45. The van der Waals surface area contributed by atoms with Crippen molar-refractivity contribution < 1.29 is 47.3 Å². The number of carbonyl (C=O) groups excluding carboxylic acids is 1. The normalized spacial score (nSPS) is 23.6. The van der Waals surface area contributed by atoms with Gasteiger partial charge in [0.1, 0.15) is 18.3 Å². The number of carboxylic acids is 1. The first-order valence-corrected chi connectivity index (χ1v) is 18.1. The van der Waals surface area contributed by atoms with Crippen LogP contribution in [-0.2, 0) is 22.5 Å². The van der Waals surface area contributed by atoms with E-state index in [9.17, 15) is 28.2 Å². The van der Waals surface area contributed by atoms with Gasteiger partial charge in [-0.25, -0.2) is 14.6 Å². The average Bonchev–Trinajstić information content (AvgIpc) is 4.03. The van der Waals surface area contributed by atoms with E-state index in [0.29, 0.717) is 54.7 Å². The van der Waals surface area contributed by atoms with Crippen molar-refractivity contribution >= 4 is 45.7 Å². The Morgan fingerprint density at radius 1 is 1.04 bits per heavy atom. The number of hydrogen-bond acceptors (Lipinski definition) is 13. The molecule has 3 aromatic heterocycles. The summed E-state index contributed by atoms with van der Waals surface area (Å²) in [6, 6.07) is 16.0. The highest BCUT2D eigenvalue weighted by Gasteiger charge is 2.47. The number of benzene rings is 2. The molecule has 6 atom stereocenters. The van der Waals surface area contributed by atoms with Crippen LogP contribution in [0.1, 0.15) is 49.1 Å². The number of imidazole rings is 1. The van der Waals surface area contributed by atoms with E-state index >= 15 is 0 Å². The number of aliphatic carboxylic acids is 1. The number of halogens is 3. The fourth-order valence-electron chi connectivity index (χ4n) is 6.98. The van der Waals surface area contributed by atoms with Gasteiger partial charge in [0.2, 0.25) is 5.95 Å². The number of carbonyl (C=O) groups is 2. The van der Waals surface area contributed by atoms with E-state index in [0.717, 1.165) is 48.0 Å². The number of nitrogens with one attached hydrogen (secondary N) is 4. The van der Waals surface area contributed by atoms with E-state index in [-0.39, 0.29) is 18.1 Å². The Hall–Kier alpha value is -5.57. The summed E-state index contributed by atoms with van der Waals surface area (Å²) in [6.07, 6.45) is -5.72. The van der Waals surface area contributed by atoms with Gasteiger partial charge in [-0.3, -0.25) is 4.57 Å². The van der Waals surface area contributed by atoms with Crippen molar-refractivity contribution in [3.05, 3.63) is 71.9 Å². The lowest BCUT2D eigenvalue weighted by Crippen LogP contribution is -2.47. The van der Waals surface area contributed by atoms with Gasteiger partial charge >= 0.3 is 18.2 Å². The Labute approximate surface area is 317 Å². The molecule has 3 aliphatic rings. The van der Waals surface area contributed by atoms with Gasteiger partial charge in [-0.15, -0.1) is 0 Å². The van der Waals surface area contributed by atoms with E-state index in [1.54, 1.807) is 17.0 Å². The SMILES string of the molecule is CCc1cc([C@H]2O[C@@H](n3cnc4c(NCc5cccc6ccccc56)nc(N5CC[C@@H](NC(=O)N[C@@H]6CCNC6)C5)nc43)[C@H](O)[C@@H]2O)on1.O=C(O)C(F)(F)F. The van der Waals surface area contributed by atoms with Crippen LogP contribution in [0.2, 0.25) is 0 Å². The van der Waals surface area contributed by atoms with Crippen LogP contribution < -0.4 is 26.2 Å². The first-order valence-electron chi connectivity index (χ1n) is 18.1. The molecule has 298 valence electrons. The minimum Gasteiger partial charge on any atom is -0.475 e. The van der Waals surface area contributed by atoms with Crippen LogP contribution in [0.5, 0.6) is 0 Å². The largest absolute Gasteiger partial charge is 0.490 e. The fourth-order valence-corrected chi connectivity index (χ4v) is 6.98. The fraction of sp³-hybridized carbons (Fsp3) is 0.444. The minimum atomic E-state index is -5.08. The number of aryl methyl sites for hydroxylation is 1. The van der Waals surface area contributed by atoms with Crippen LogP contribution >= 0.6 is 0 Å². The van der Waals surface area contributed by atoms with Crippen molar-refractivity contribution in [2.75, 3.05) is 36.4 Å². The standard InChI is InChI=1S/C34H40N10O5.C2HF3O2/c1-2-21-14-25(49-42-21)29-27(45)28(46)32(48-29)44-18-37-26-30(36-15-20-8-5-7-19-6-3-4-9-24(19)20)40-33(41-31(26)44)43-13-11-23(17-43)39-34(47)38-22-10-12-35-16-22;3-2(4,5)1(6)7/h3-9,14,18,22-23,27-29,32,35,45-46H,2,10-13,15-17H2,1H3,(H,36,40,41)(H2,38,39,47);(H,6,7)/t22-,23-,27+,28-,29-,32-;/m1./s1. The summed E-state index contributed by atoms with van der Waals surface area (Å²) in [4.78, 5) is 38.2. The molecule has 3 saturated heterocycles. The van der Waals surface area contributed by atoms with Gasteiger partial charge in [-0.1, -0.05) is 54.5 Å². The zero-order chi connectivity index (χ0) is 39.6. The summed E-state index contributed by atoms with van der Waals surface area (Å²) in [5, 5.41) is 48.6. The first kappa shape index (κ1) is 38.7. The minimum absolute atomic E-state index is 0.0866. The number of rotatable bonds is 9. The molecule has 0 radical (unpaired) electrons. The molecule has 0 bridgehead atoms. The third-order valence-corrected chi connectivity index (χ3v) is 9.91. The zero-order valence-electron chi connectivity index (χ0n) is 30.1. The van der Waals surface area contributed by atoms with Gasteiger partial charge < -0.3 is 50.7 Å². The summed E-state index contributed by atoms with van der Waals surface area (Å²) in [5.41, 5.74) is 2.74. The van der Waals surface area contributed by atoms with E-state index in [2.05, 4.69) is 55.7 Å². The highest BCUT2D eigenvalue weighted by atomic mass is 19.4. The molecule has 17 nitrogen and oxygen atoms in total. The maximum atomic E-state index is 12.7. The molecule has 0 unspecified atom stereocenters. The molecule has 0 spiro atoms. The van der Waals surface area contributed by atoms with Crippen molar-refractivity contribution in [1.29, 1.82) is 0 Å². The van der Waals surface area contributed by atoms with Gasteiger partial charge in [0, 0.05) is 44.3 Å². The van der Waals surface area contributed by atoms with E-state index < -0.39 is 36.7 Å². The van der Waals surface area contributed by atoms with Crippen LogP contribution in [0.3, 0.4) is 0 Å². The van der Waals surface area contributed by atoms with Gasteiger partial charge in [-0.05, 0) is 42.1 Å². The monoisotopic (exact) mass is 782 g/mol. The molecule has 0 aliphatic carbocycles. The molecule has 2 amide bonds. The number of nitrogens with zero attached hydrogens (tertiary/aromatic N) is 6. The van der Waals surface area contributed by atoms with E-state index in [1.807, 2.05) is 30.0 Å². The Morgan fingerprint density at radius 3 is 2.54 bits per heavy atom. The van der Waals surface area contributed by atoms with Crippen molar-refractivity contribution in [2.24, 2.45) is 0 Å². The molecule has 3 aliphatic heterocycles. The van der Waals surface area contributed by atoms with Gasteiger partial charge in [0.25, 0.3) is 0 Å². The number of carboxylic acid groups (broad SMARTS) is 1. The maximum absolute atomic E-state index is 12.7. The maximum Gasteiger partial charge on any atom is 0.490 e. The molecule has 7 N–H and O–H groups in total. The van der Waals surface area contributed by atoms with Crippen molar-refractivity contribution in [3.8, 4) is 0 Å². The highest BCUT2D eigenvalue weighted by molar-refractivity contribution is 5.87. The first-order chi connectivity index (χ1) is 26.9. The number of alkyl halides is 3. The predicted octanol–water partition coefficient (Wildman–Crippen LogP) is 3.01. The molecule has 20 heteroatoms. The second-order valence-corrected chi connectivity index (χ2v) is 13.7. The molecule has 8 rings (SSSR count). The van der Waals surface area contributed by atoms with Crippen molar-refractivity contribution in [2.45, 2.75) is 75.5 Å². The topological polar surface area (TPSA) is 225 Å². The number of aliphatic hydroxyl groups is 2. The second-order valence-electron chi connectivity index (χ2n) is 13.7. The Kier molecular flexibility index (Phi) is 11.2. The molecule has 5 aromatic rings. The van der Waals surface area contributed by atoms with Crippen molar-refractivity contribution in [3.63, 3.8) is 0 Å². The smallest absolute Gasteiger partial charge is 0.475 e. The third-order valence-electron chi connectivity index (χ3n) is 9.91. The summed E-state index contributed by atoms with van der Waals surface area (Å²) in [7, 11) is 0. The molecule has 6 heterocycles. The number of fused-ring (bicyclic) bond motifs is 2. The number of ether oxygens (including phenoxy) is 1. The van der Waals surface area contributed by atoms with Crippen LogP contribution in [0.25, 0.3) is 21.9 Å². The van der Waals surface area contributed by atoms with Crippen molar-refractivity contribution in [1.82, 2.24) is 40.6 Å². The number of urea groups is 1. The lowest BCUT2D eigenvalue weighted by Gasteiger charge is -2.20. The molecular weight excluding hydrogens is 741 g/mol. The zero-order valence-corrected chi connectivity index (χ0v) is 30.1. The van der Waals surface area contributed by atoms with Crippen LogP contribution in [0.15, 0.2) is 59.4 Å². The van der Waals surface area contributed by atoms with Crippen LogP contribution in [0.4, 0.5) is 29.7 Å². The molecule has 3 fully saturated rings. The summed E-state index contributed by atoms with van der Waals surface area (Å²) in [6.45, 7) is 5.26. The molecular formula is C36H41F3N10O7. The Morgan fingerprint density at radius 2 is 1.80 bits per heavy atom. The Bertz CT molecular complexity index is 2170. The highest BCUT2D eigenvalue weighted by Crippen LogP contribution is 2.40. The molecule has 0 saturated carbocycles. The lowest BCUT2D eigenvalue weighted by atomic mass is 10.0. The second kappa shape index (κ2) is 16.3. The van der Waals surface area contributed by atoms with E-state index in [1.165, 1.54) is 0 Å². The number of aliphatic hydroxyl groups excluding tert-OH is 2. The molecule has 56 heavy (non-hydrogen) atoms. The number of hydrogen-bond donors (Lipinski definition) is 7. The Balaban J connectivity index is 0.000000629. The summed E-state index contributed by atoms with van der Waals surface area (Å²) < 4.78 is 45.0. The number of amides is 2. The van der Waals surface area contributed by atoms with E-state index in [4.69, 9.17) is 29.1 Å². The van der Waals surface area contributed by atoms with Crippen LogP contribution in [-0.4, -0.2) is 109 Å². The number of anilines is 2. The predicted molar refractivity (Wildman–Crippen MR) is 195 cm³/mol. The molecule has 2 aromatic carbocycles. The van der Waals surface area contributed by atoms with Gasteiger partial charge in [0.05, 0.1) is 12.0 Å². The van der Waals surface area contributed by atoms with Gasteiger partial charge in [-0.2, -0.15) is 23.1 Å². The quantitative estimate of drug-likeness (QED) is 0.114. The van der Waals surface area contributed by atoms with Gasteiger partial charge in [0.15, 0.2) is 29.0 Å².